The van der Waals surface area contributed by atoms with Gasteiger partial charge in [-0.15, -0.1) is 0 Å². The zero-order valence-electron chi connectivity index (χ0n) is 12.2. The van der Waals surface area contributed by atoms with Crippen molar-refractivity contribution >= 4 is 28.9 Å². The number of hydrogen-bond donors (Lipinski definition) is 2. The van der Waals surface area contributed by atoms with Crippen LogP contribution < -0.4 is 11.1 Å². The molecule has 0 aliphatic heterocycles. The van der Waals surface area contributed by atoms with E-state index in [4.69, 9.17) is 17.3 Å². The van der Waals surface area contributed by atoms with Crippen molar-refractivity contribution in [3.05, 3.63) is 58.6 Å². The first-order valence-corrected chi connectivity index (χ1v) is 7.32. The minimum Gasteiger partial charge on any atom is -0.398 e. The predicted molar refractivity (Wildman–Crippen MR) is 88.7 cm³/mol. The molecule has 0 saturated heterocycles. The molecule has 0 saturated carbocycles. The number of anilines is 2. The Morgan fingerprint density at radius 3 is 2.57 bits per heavy atom. The van der Waals surface area contributed by atoms with Gasteiger partial charge in [-0.05, 0) is 36.6 Å². The summed E-state index contributed by atoms with van der Waals surface area (Å²) in [5.41, 5.74) is 8.88. The number of carbonyl (C=O) groups is 1. The van der Waals surface area contributed by atoms with E-state index in [9.17, 15) is 4.79 Å². The lowest BCUT2D eigenvalue weighted by atomic mass is 9.95. The number of carbonyl (C=O) groups excluding carboxylic acids is 1. The molecule has 0 fully saturated rings. The monoisotopic (exact) mass is 302 g/mol. The predicted octanol–water partition coefficient (Wildman–Crippen LogP) is 4.36. The first-order valence-electron chi connectivity index (χ1n) is 6.94. The van der Waals surface area contributed by atoms with Gasteiger partial charge in [0.1, 0.15) is 0 Å². The van der Waals surface area contributed by atoms with E-state index in [1.54, 1.807) is 12.1 Å². The summed E-state index contributed by atoms with van der Waals surface area (Å²) in [5.74, 6) is -0.213. The van der Waals surface area contributed by atoms with Crippen molar-refractivity contribution in [1.82, 2.24) is 0 Å². The number of hydrogen-bond acceptors (Lipinski definition) is 2. The van der Waals surface area contributed by atoms with E-state index in [0.29, 0.717) is 16.4 Å². The maximum atomic E-state index is 12.5. The molecule has 110 valence electrons. The summed E-state index contributed by atoms with van der Waals surface area (Å²) in [4.78, 5) is 12.5. The summed E-state index contributed by atoms with van der Waals surface area (Å²) in [7, 11) is 0. The van der Waals surface area contributed by atoms with Gasteiger partial charge in [0.2, 0.25) is 5.91 Å². The second-order valence-corrected chi connectivity index (χ2v) is 5.46. The van der Waals surface area contributed by atoms with Gasteiger partial charge in [0.05, 0.1) is 16.6 Å². The van der Waals surface area contributed by atoms with Crippen LogP contribution in [0.25, 0.3) is 0 Å². The third-order valence-electron chi connectivity index (χ3n) is 3.53. The second-order valence-electron chi connectivity index (χ2n) is 5.05. The smallest absolute Gasteiger partial charge is 0.231 e. The van der Waals surface area contributed by atoms with Gasteiger partial charge < -0.3 is 11.1 Å². The lowest BCUT2D eigenvalue weighted by Gasteiger charge is -2.17. The third kappa shape index (κ3) is 3.56. The highest BCUT2D eigenvalue weighted by molar-refractivity contribution is 6.33. The average Bonchev–Trinajstić information content (AvgIpc) is 2.46. The van der Waals surface area contributed by atoms with Crippen molar-refractivity contribution in [2.45, 2.75) is 26.2 Å². The zero-order chi connectivity index (χ0) is 15.4. The summed E-state index contributed by atoms with van der Waals surface area (Å²) < 4.78 is 0. The Bertz CT molecular complexity index is 641. The topological polar surface area (TPSA) is 55.1 Å². The van der Waals surface area contributed by atoms with Crippen molar-refractivity contribution in [2.24, 2.45) is 0 Å². The quantitative estimate of drug-likeness (QED) is 0.824. The van der Waals surface area contributed by atoms with Gasteiger partial charge in [-0.2, -0.15) is 0 Å². The molecule has 0 heterocycles. The van der Waals surface area contributed by atoms with Gasteiger partial charge in [-0.25, -0.2) is 0 Å². The van der Waals surface area contributed by atoms with Gasteiger partial charge in [0.25, 0.3) is 0 Å². The normalized spacial score (nSPS) is 12.0. The molecule has 21 heavy (non-hydrogen) atoms. The highest BCUT2D eigenvalue weighted by atomic mass is 35.5. The Kier molecular flexibility index (Phi) is 4.86. The molecule has 1 amide bonds. The van der Waals surface area contributed by atoms with E-state index in [0.717, 1.165) is 17.5 Å². The van der Waals surface area contributed by atoms with E-state index in [-0.39, 0.29) is 11.8 Å². The van der Waals surface area contributed by atoms with Gasteiger partial charge in [-0.1, -0.05) is 48.9 Å². The number of nitrogens with two attached hydrogens (primary N) is 1. The minimum absolute atomic E-state index is 0.0346. The fourth-order valence-electron chi connectivity index (χ4n) is 2.32. The highest BCUT2D eigenvalue weighted by Crippen LogP contribution is 2.28. The Hall–Kier alpha value is -2.00. The van der Waals surface area contributed by atoms with Crippen LogP contribution in [0.1, 0.15) is 30.4 Å². The third-order valence-corrected chi connectivity index (χ3v) is 3.86. The van der Waals surface area contributed by atoms with E-state index >= 15 is 0 Å². The first-order chi connectivity index (χ1) is 10.0. The van der Waals surface area contributed by atoms with E-state index in [2.05, 4.69) is 5.32 Å². The average molecular weight is 303 g/mol. The number of halogens is 1. The second kappa shape index (κ2) is 6.64. The van der Waals surface area contributed by atoms with Gasteiger partial charge in [0.15, 0.2) is 0 Å². The Balaban J connectivity index is 2.23. The molecule has 4 heteroatoms. The number of aryl methyl sites for hydroxylation is 1. The van der Waals surface area contributed by atoms with Crippen molar-refractivity contribution < 1.29 is 4.79 Å². The van der Waals surface area contributed by atoms with Crippen LogP contribution in [0, 0.1) is 6.92 Å². The maximum absolute atomic E-state index is 12.5. The van der Waals surface area contributed by atoms with Crippen LogP contribution in [0.2, 0.25) is 5.02 Å². The zero-order valence-corrected chi connectivity index (χ0v) is 12.9. The minimum atomic E-state index is -0.179. The standard InChI is InChI=1S/C17H19ClN2O/c1-3-13(12-7-5-4-6-8-12)17(21)20-16-10-14(18)15(19)9-11(16)2/h4-10,13H,3,19H2,1-2H3,(H,20,21). The number of benzene rings is 2. The van der Waals surface area contributed by atoms with Crippen LogP contribution in [0.15, 0.2) is 42.5 Å². The molecule has 0 aliphatic rings. The molecule has 3 nitrogen and oxygen atoms in total. The molecule has 1 atom stereocenters. The SMILES string of the molecule is CCC(C(=O)Nc1cc(Cl)c(N)cc1C)c1ccccc1. The van der Waals surface area contributed by atoms with Gasteiger partial charge >= 0.3 is 0 Å². The van der Waals surface area contributed by atoms with Crippen LogP contribution in [-0.2, 0) is 4.79 Å². The molecular formula is C17H19ClN2O. The number of nitrogen functional groups attached to an aromatic ring is 1. The van der Waals surface area contributed by atoms with E-state index < -0.39 is 0 Å². The summed E-state index contributed by atoms with van der Waals surface area (Å²) in [6.07, 6.45) is 0.734. The van der Waals surface area contributed by atoms with Gasteiger partial charge in [-0.3, -0.25) is 4.79 Å². The Morgan fingerprint density at radius 1 is 1.29 bits per heavy atom. The lowest BCUT2D eigenvalue weighted by Crippen LogP contribution is -2.21. The number of rotatable bonds is 4. The fourth-order valence-corrected chi connectivity index (χ4v) is 2.48. The van der Waals surface area contributed by atoms with Crippen molar-refractivity contribution in [3.63, 3.8) is 0 Å². The molecule has 0 bridgehead atoms. The van der Waals surface area contributed by atoms with Crippen LogP contribution in [0.5, 0.6) is 0 Å². The molecule has 0 radical (unpaired) electrons. The summed E-state index contributed by atoms with van der Waals surface area (Å²) >= 11 is 6.02. The lowest BCUT2D eigenvalue weighted by molar-refractivity contribution is -0.117. The first kappa shape index (κ1) is 15.4. The van der Waals surface area contributed by atoms with Crippen molar-refractivity contribution in [1.29, 1.82) is 0 Å². The molecule has 3 N–H and O–H groups in total. The highest BCUT2D eigenvalue weighted by Gasteiger charge is 2.19. The fraction of sp³-hybridized carbons (Fsp3) is 0.235. The van der Waals surface area contributed by atoms with Crippen LogP contribution in [-0.4, -0.2) is 5.91 Å². The molecule has 2 rings (SSSR count). The Morgan fingerprint density at radius 2 is 1.95 bits per heavy atom. The van der Waals surface area contributed by atoms with Crippen LogP contribution in [0.4, 0.5) is 11.4 Å². The van der Waals surface area contributed by atoms with Crippen molar-refractivity contribution in [3.8, 4) is 0 Å². The molecule has 0 spiro atoms. The Labute approximate surface area is 130 Å². The van der Waals surface area contributed by atoms with Crippen molar-refractivity contribution in [2.75, 3.05) is 11.1 Å². The molecule has 1 unspecified atom stereocenters. The maximum Gasteiger partial charge on any atom is 0.231 e. The van der Waals surface area contributed by atoms with E-state index in [1.807, 2.05) is 44.2 Å². The van der Waals surface area contributed by atoms with E-state index in [1.165, 1.54) is 0 Å². The molecule has 2 aromatic rings. The van der Waals surface area contributed by atoms with Crippen LogP contribution >= 0.6 is 11.6 Å². The van der Waals surface area contributed by atoms with Gasteiger partial charge in [0, 0.05) is 5.69 Å². The summed E-state index contributed by atoms with van der Waals surface area (Å²) in [5, 5.41) is 3.40. The number of nitrogens with one attached hydrogen (secondary N) is 1. The molecule has 0 aromatic heterocycles. The molecule has 2 aromatic carbocycles. The summed E-state index contributed by atoms with van der Waals surface area (Å²) in [6.45, 7) is 3.89. The van der Waals surface area contributed by atoms with Crippen LogP contribution in [0.3, 0.4) is 0 Å². The summed E-state index contributed by atoms with van der Waals surface area (Å²) in [6, 6.07) is 13.2. The molecule has 0 aliphatic carbocycles. The molecular weight excluding hydrogens is 284 g/mol. The number of amides is 1. The largest absolute Gasteiger partial charge is 0.398 e.